The number of hydrogen-bond acceptors (Lipinski definition) is 3. The fourth-order valence-corrected chi connectivity index (χ4v) is 2.92. The Morgan fingerprint density at radius 3 is 1.95 bits per heavy atom. The average Bonchev–Trinajstić information content (AvgIpc) is 2.68. The molecule has 0 aliphatic carbocycles. The van der Waals surface area contributed by atoms with Gasteiger partial charge in [-0.15, -0.1) is 0 Å². The minimum Gasteiger partial charge on any atom is -0.250 e. The van der Waals surface area contributed by atoms with Crippen molar-refractivity contribution >= 4 is 5.84 Å². The molecular weight excluding hydrogens is 236 g/mol. The van der Waals surface area contributed by atoms with Crippen molar-refractivity contribution in [1.29, 1.82) is 0 Å². The van der Waals surface area contributed by atoms with Crippen LogP contribution < -0.4 is 16.0 Å². The SMILES string of the molecule is CC1=[N+](C)C2N=c3c(C)c(C)c(C)c(C)c3=NC2N1. The maximum absolute atomic E-state index is 4.95. The molecule has 4 nitrogen and oxygen atoms in total. The number of likely N-dealkylation sites (N-methyl/N-ethyl adjacent to an activating group) is 1. The summed E-state index contributed by atoms with van der Waals surface area (Å²) in [5, 5.41) is 5.55. The third-order valence-electron chi connectivity index (χ3n) is 4.72. The standard InChI is InChI=1S/C15H20N4/c1-7-8(2)10(4)13-12(9(7)3)17-14-15(18-13)19(6)11(5)16-14/h14-15H,1-6H3/p+1. The largest absolute Gasteiger partial charge is 0.250 e. The highest BCUT2D eigenvalue weighted by molar-refractivity contribution is 5.76. The molecule has 0 aromatic heterocycles. The second-order valence-corrected chi connectivity index (χ2v) is 5.65. The van der Waals surface area contributed by atoms with E-state index in [2.05, 4.69) is 51.6 Å². The van der Waals surface area contributed by atoms with Crippen LogP contribution in [0.1, 0.15) is 29.2 Å². The van der Waals surface area contributed by atoms with Gasteiger partial charge in [-0.1, -0.05) is 0 Å². The van der Waals surface area contributed by atoms with Crippen LogP contribution in [0.2, 0.25) is 0 Å². The zero-order chi connectivity index (χ0) is 13.9. The van der Waals surface area contributed by atoms with Gasteiger partial charge in [0.15, 0.2) is 0 Å². The van der Waals surface area contributed by atoms with Gasteiger partial charge in [0.1, 0.15) is 0 Å². The summed E-state index contributed by atoms with van der Waals surface area (Å²) < 4.78 is 2.17. The van der Waals surface area contributed by atoms with Gasteiger partial charge in [0.2, 0.25) is 18.2 Å². The third kappa shape index (κ3) is 1.55. The van der Waals surface area contributed by atoms with Crippen molar-refractivity contribution in [3.63, 3.8) is 0 Å². The Morgan fingerprint density at radius 2 is 1.37 bits per heavy atom. The molecular formula is C15H21N4+. The zero-order valence-corrected chi connectivity index (χ0v) is 12.5. The lowest BCUT2D eigenvalue weighted by atomic mass is 9.97. The monoisotopic (exact) mass is 257 g/mol. The van der Waals surface area contributed by atoms with Gasteiger partial charge in [0.05, 0.1) is 17.8 Å². The maximum atomic E-state index is 4.95. The van der Waals surface area contributed by atoms with Gasteiger partial charge in [-0.3, -0.25) is 5.32 Å². The van der Waals surface area contributed by atoms with Crippen molar-refractivity contribution in [3.8, 4) is 0 Å². The third-order valence-corrected chi connectivity index (χ3v) is 4.72. The van der Waals surface area contributed by atoms with Crippen LogP contribution in [0.25, 0.3) is 0 Å². The van der Waals surface area contributed by atoms with Crippen molar-refractivity contribution in [3.05, 3.63) is 33.0 Å². The van der Waals surface area contributed by atoms with E-state index < -0.39 is 0 Å². The van der Waals surface area contributed by atoms with Gasteiger partial charge in [0.25, 0.3) is 0 Å². The summed E-state index contributed by atoms with van der Waals surface area (Å²) in [5.41, 5.74) is 5.19. The first-order valence-corrected chi connectivity index (χ1v) is 6.76. The quantitative estimate of drug-likeness (QED) is 0.675. The van der Waals surface area contributed by atoms with Crippen molar-refractivity contribution < 1.29 is 4.58 Å². The van der Waals surface area contributed by atoms with Crippen LogP contribution >= 0.6 is 0 Å². The van der Waals surface area contributed by atoms with Crippen molar-refractivity contribution in [1.82, 2.24) is 5.32 Å². The number of hydrogen-bond donors (Lipinski definition) is 1. The van der Waals surface area contributed by atoms with E-state index in [-0.39, 0.29) is 12.3 Å². The van der Waals surface area contributed by atoms with Gasteiger partial charge >= 0.3 is 0 Å². The van der Waals surface area contributed by atoms with Crippen molar-refractivity contribution in [2.24, 2.45) is 9.98 Å². The maximum Gasteiger partial charge on any atom is 0.249 e. The molecule has 2 atom stereocenters. The van der Waals surface area contributed by atoms with Crippen LogP contribution in [0, 0.1) is 27.7 Å². The molecule has 0 saturated carbocycles. The highest BCUT2D eigenvalue weighted by atomic mass is 15.3. The normalized spacial score (nSPS) is 24.3. The van der Waals surface area contributed by atoms with E-state index in [1.54, 1.807) is 0 Å². The highest BCUT2D eigenvalue weighted by Gasteiger charge is 2.38. The van der Waals surface area contributed by atoms with Gasteiger partial charge in [-0.2, -0.15) is 0 Å². The molecule has 0 bridgehead atoms. The minimum atomic E-state index is 0.0534. The fourth-order valence-electron chi connectivity index (χ4n) is 2.92. The molecule has 4 heteroatoms. The lowest BCUT2D eigenvalue weighted by Gasteiger charge is -2.17. The average molecular weight is 257 g/mol. The Hall–Kier alpha value is -1.71. The molecule has 0 spiro atoms. The van der Waals surface area contributed by atoms with Crippen LogP contribution in [-0.4, -0.2) is 29.8 Å². The van der Waals surface area contributed by atoms with Crippen molar-refractivity contribution in [2.75, 3.05) is 7.05 Å². The van der Waals surface area contributed by atoms with Crippen LogP contribution in [0.5, 0.6) is 0 Å². The van der Waals surface area contributed by atoms with Gasteiger partial charge in [-0.05, 0) is 49.9 Å². The summed E-state index contributed by atoms with van der Waals surface area (Å²) >= 11 is 0. The molecule has 2 unspecified atom stereocenters. The summed E-state index contributed by atoms with van der Waals surface area (Å²) in [5.74, 6) is 1.14. The molecule has 3 rings (SSSR count). The molecule has 19 heavy (non-hydrogen) atoms. The van der Waals surface area contributed by atoms with E-state index in [9.17, 15) is 0 Å². The van der Waals surface area contributed by atoms with Crippen LogP contribution in [-0.2, 0) is 0 Å². The van der Waals surface area contributed by atoms with E-state index in [1.807, 2.05) is 0 Å². The van der Waals surface area contributed by atoms with Crippen LogP contribution in [0.15, 0.2) is 9.98 Å². The van der Waals surface area contributed by atoms with Gasteiger partial charge in [-0.25, -0.2) is 14.6 Å². The molecule has 2 aliphatic heterocycles. The molecule has 0 fully saturated rings. The molecule has 0 saturated heterocycles. The summed E-state index contributed by atoms with van der Waals surface area (Å²) in [4.78, 5) is 9.85. The topological polar surface area (TPSA) is 39.8 Å². The zero-order valence-electron chi connectivity index (χ0n) is 12.5. The molecule has 0 amide bonds. The van der Waals surface area contributed by atoms with E-state index >= 15 is 0 Å². The van der Waals surface area contributed by atoms with Gasteiger partial charge < -0.3 is 0 Å². The molecule has 2 aliphatic rings. The fraction of sp³-hybridized carbons (Fsp3) is 0.533. The number of fused-ring (bicyclic) bond motifs is 2. The molecule has 1 aromatic carbocycles. The molecule has 100 valence electrons. The second kappa shape index (κ2) is 3.89. The Balaban J connectivity index is 2.36. The number of nitrogens with one attached hydrogen (secondary N) is 1. The van der Waals surface area contributed by atoms with E-state index in [4.69, 9.17) is 9.98 Å². The number of rotatable bonds is 0. The van der Waals surface area contributed by atoms with Crippen LogP contribution in [0.3, 0.4) is 0 Å². The summed E-state index contributed by atoms with van der Waals surface area (Å²) in [6.07, 6.45) is 0.144. The van der Waals surface area contributed by atoms with E-state index in [0.717, 1.165) is 16.6 Å². The Labute approximate surface area is 113 Å². The van der Waals surface area contributed by atoms with E-state index in [1.165, 1.54) is 22.3 Å². The van der Waals surface area contributed by atoms with E-state index in [0.29, 0.717) is 0 Å². The van der Waals surface area contributed by atoms with Crippen molar-refractivity contribution in [2.45, 2.75) is 47.0 Å². The Morgan fingerprint density at radius 1 is 0.842 bits per heavy atom. The number of amidine groups is 1. The molecule has 1 N–H and O–H groups in total. The number of nitrogens with zero attached hydrogens (tertiary/aromatic N) is 3. The predicted molar refractivity (Wildman–Crippen MR) is 75.3 cm³/mol. The summed E-state index contributed by atoms with van der Waals surface area (Å²) in [7, 11) is 2.07. The highest BCUT2D eigenvalue weighted by Crippen LogP contribution is 2.14. The molecule has 1 aromatic rings. The summed E-state index contributed by atoms with van der Waals surface area (Å²) in [6, 6.07) is 0. The lowest BCUT2D eigenvalue weighted by Crippen LogP contribution is -2.46. The summed E-state index contributed by atoms with van der Waals surface area (Å²) in [6.45, 7) is 10.7. The second-order valence-electron chi connectivity index (χ2n) is 5.65. The lowest BCUT2D eigenvalue weighted by molar-refractivity contribution is -0.530. The number of benzene rings is 1. The first kappa shape index (κ1) is 12.3. The van der Waals surface area contributed by atoms with Gasteiger partial charge in [0, 0.05) is 6.92 Å². The first-order chi connectivity index (χ1) is 8.91. The first-order valence-electron chi connectivity index (χ1n) is 6.76. The molecule has 0 radical (unpaired) electrons. The Bertz CT molecular complexity index is 728. The Kier molecular flexibility index (Phi) is 2.52. The smallest absolute Gasteiger partial charge is 0.249 e. The van der Waals surface area contributed by atoms with Crippen LogP contribution in [0.4, 0.5) is 0 Å². The predicted octanol–water partition coefficient (Wildman–Crippen LogP) is 0.489. The minimum absolute atomic E-state index is 0.0534. The molecule has 2 heterocycles.